The van der Waals surface area contributed by atoms with Gasteiger partial charge in [0.25, 0.3) is 0 Å². The van der Waals surface area contributed by atoms with Crippen molar-refractivity contribution in [3.8, 4) is 0 Å². The zero-order valence-corrected chi connectivity index (χ0v) is 11.3. The number of nitrogens with one attached hydrogen (secondary N) is 1. The van der Waals surface area contributed by atoms with Crippen molar-refractivity contribution in [1.29, 1.82) is 0 Å². The zero-order valence-electron chi connectivity index (χ0n) is 11.3. The Morgan fingerprint density at radius 1 is 1.44 bits per heavy atom. The molecule has 1 aromatic rings. The molecule has 0 amide bonds. The van der Waals surface area contributed by atoms with Crippen molar-refractivity contribution in [3.63, 3.8) is 0 Å². The predicted octanol–water partition coefficient (Wildman–Crippen LogP) is 1.78. The molecule has 0 bridgehead atoms. The van der Waals surface area contributed by atoms with Crippen LogP contribution in [-0.2, 0) is 11.3 Å². The molecule has 2 heterocycles. The van der Waals surface area contributed by atoms with Crippen molar-refractivity contribution < 1.29 is 14.3 Å². The Hall–Kier alpha value is -0.840. The number of ether oxygens (including phenoxy) is 1. The van der Waals surface area contributed by atoms with E-state index in [2.05, 4.69) is 11.4 Å². The molecule has 4 heteroatoms. The third kappa shape index (κ3) is 3.13. The van der Waals surface area contributed by atoms with Crippen LogP contribution >= 0.6 is 0 Å². The Morgan fingerprint density at radius 3 is 2.83 bits per heavy atom. The van der Waals surface area contributed by atoms with Crippen LogP contribution in [-0.4, -0.2) is 31.5 Å². The van der Waals surface area contributed by atoms with E-state index in [0.29, 0.717) is 0 Å². The normalized spacial score (nSPS) is 23.7. The predicted molar refractivity (Wildman–Crippen MR) is 69.5 cm³/mol. The van der Waals surface area contributed by atoms with Crippen molar-refractivity contribution in [2.45, 2.75) is 33.2 Å². The Balaban J connectivity index is 1.85. The summed E-state index contributed by atoms with van der Waals surface area (Å²) in [6.07, 6.45) is 1.84. The summed E-state index contributed by atoms with van der Waals surface area (Å²) in [5.41, 5.74) is 1.33. The van der Waals surface area contributed by atoms with Crippen molar-refractivity contribution >= 4 is 0 Å². The van der Waals surface area contributed by atoms with Gasteiger partial charge in [-0.3, -0.25) is 0 Å². The second kappa shape index (κ2) is 5.87. The van der Waals surface area contributed by atoms with Gasteiger partial charge < -0.3 is 19.6 Å². The average Bonchev–Trinajstić information content (AvgIpc) is 2.88. The second-order valence-electron chi connectivity index (χ2n) is 5.32. The molecule has 1 saturated heterocycles. The molecule has 0 radical (unpaired) electrons. The summed E-state index contributed by atoms with van der Waals surface area (Å²) in [6, 6.07) is 2.08. The van der Waals surface area contributed by atoms with Gasteiger partial charge in [-0.25, -0.2) is 0 Å². The summed E-state index contributed by atoms with van der Waals surface area (Å²) < 4.78 is 11.0. The van der Waals surface area contributed by atoms with Crippen LogP contribution < -0.4 is 5.32 Å². The lowest BCUT2D eigenvalue weighted by Gasteiger charge is -2.26. The van der Waals surface area contributed by atoms with E-state index in [4.69, 9.17) is 14.3 Å². The van der Waals surface area contributed by atoms with Crippen LogP contribution in [0.5, 0.6) is 0 Å². The first-order valence-corrected chi connectivity index (χ1v) is 6.60. The number of hydrogen-bond donors (Lipinski definition) is 2. The first-order chi connectivity index (χ1) is 8.65. The van der Waals surface area contributed by atoms with Gasteiger partial charge in [0.05, 0.1) is 6.61 Å². The van der Waals surface area contributed by atoms with Crippen LogP contribution in [0.4, 0.5) is 0 Å². The smallest absolute Gasteiger partial charge is 0.105 e. The summed E-state index contributed by atoms with van der Waals surface area (Å²) in [5.74, 6) is 1.94. The first-order valence-electron chi connectivity index (χ1n) is 6.60. The lowest BCUT2D eigenvalue weighted by Crippen LogP contribution is -2.35. The summed E-state index contributed by atoms with van der Waals surface area (Å²) in [7, 11) is 0. The SMILES string of the molecule is Cc1cc(CNCC2(CCO)CCOC2)c(C)o1. The highest BCUT2D eigenvalue weighted by Gasteiger charge is 2.33. The average molecular weight is 253 g/mol. The van der Waals surface area contributed by atoms with E-state index in [-0.39, 0.29) is 12.0 Å². The monoisotopic (exact) mass is 253 g/mol. The van der Waals surface area contributed by atoms with Gasteiger partial charge in [-0.1, -0.05) is 0 Å². The maximum absolute atomic E-state index is 9.16. The molecule has 1 aliphatic rings. The summed E-state index contributed by atoms with van der Waals surface area (Å²) in [6.45, 7) is 7.46. The van der Waals surface area contributed by atoms with E-state index >= 15 is 0 Å². The minimum atomic E-state index is 0.113. The van der Waals surface area contributed by atoms with E-state index in [1.54, 1.807) is 0 Å². The Labute approximate surface area is 108 Å². The molecule has 1 aromatic heterocycles. The van der Waals surface area contributed by atoms with Gasteiger partial charge in [0.2, 0.25) is 0 Å². The molecule has 1 unspecified atom stereocenters. The molecule has 2 N–H and O–H groups in total. The Kier molecular flexibility index (Phi) is 4.43. The number of aliphatic hydroxyl groups excluding tert-OH is 1. The van der Waals surface area contributed by atoms with Crippen LogP contribution in [0.2, 0.25) is 0 Å². The van der Waals surface area contributed by atoms with Crippen molar-refractivity contribution in [3.05, 3.63) is 23.2 Å². The second-order valence-corrected chi connectivity index (χ2v) is 5.32. The van der Waals surface area contributed by atoms with Crippen LogP contribution in [0, 0.1) is 19.3 Å². The number of hydrogen-bond acceptors (Lipinski definition) is 4. The van der Waals surface area contributed by atoms with Crippen LogP contribution in [0.25, 0.3) is 0 Å². The van der Waals surface area contributed by atoms with Gasteiger partial charge in [-0.05, 0) is 32.8 Å². The van der Waals surface area contributed by atoms with E-state index in [9.17, 15) is 0 Å². The Bertz CT molecular complexity index is 380. The fraction of sp³-hybridized carbons (Fsp3) is 0.714. The van der Waals surface area contributed by atoms with Crippen molar-refractivity contribution in [2.75, 3.05) is 26.4 Å². The molecular weight excluding hydrogens is 230 g/mol. The standard InChI is InChI=1S/C14H23NO3/c1-11-7-13(12(2)18-11)8-15-9-14(3-5-16)4-6-17-10-14/h7,15-16H,3-6,8-10H2,1-2H3. The molecule has 1 aliphatic heterocycles. The van der Waals surface area contributed by atoms with E-state index in [1.165, 1.54) is 5.56 Å². The fourth-order valence-corrected chi connectivity index (χ4v) is 2.63. The van der Waals surface area contributed by atoms with E-state index in [1.807, 2.05) is 13.8 Å². The number of aliphatic hydroxyl groups is 1. The molecule has 1 fully saturated rings. The van der Waals surface area contributed by atoms with Gasteiger partial charge in [-0.2, -0.15) is 0 Å². The quantitative estimate of drug-likeness (QED) is 0.811. The van der Waals surface area contributed by atoms with Crippen molar-refractivity contribution in [2.24, 2.45) is 5.41 Å². The summed E-state index contributed by atoms with van der Waals surface area (Å²) in [4.78, 5) is 0. The van der Waals surface area contributed by atoms with Gasteiger partial charge in [0.15, 0.2) is 0 Å². The highest BCUT2D eigenvalue weighted by molar-refractivity contribution is 5.19. The molecule has 18 heavy (non-hydrogen) atoms. The molecule has 4 nitrogen and oxygen atoms in total. The minimum Gasteiger partial charge on any atom is -0.466 e. The lowest BCUT2D eigenvalue weighted by molar-refractivity contribution is 0.124. The molecule has 0 aliphatic carbocycles. The van der Waals surface area contributed by atoms with Gasteiger partial charge >= 0.3 is 0 Å². The van der Waals surface area contributed by atoms with E-state index < -0.39 is 0 Å². The topological polar surface area (TPSA) is 54.6 Å². The summed E-state index contributed by atoms with van der Waals surface area (Å²) >= 11 is 0. The van der Waals surface area contributed by atoms with Crippen LogP contribution in [0.1, 0.15) is 29.9 Å². The zero-order chi connectivity index (χ0) is 13.0. The third-order valence-corrected chi connectivity index (χ3v) is 3.79. The molecule has 0 aromatic carbocycles. The van der Waals surface area contributed by atoms with E-state index in [0.717, 1.165) is 50.7 Å². The molecule has 2 rings (SSSR count). The minimum absolute atomic E-state index is 0.113. The molecule has 102 valence electrons. The molecule has 0 spiro atoms. The number of aryl methyl sites for hydroxylation is 2. The van der Waals surface area contributed by atoms with Crippen molar-refractivity contribution in [1.82, 2.24) is 5.32 Å². The molecule has 0 saturated carbocycles. The largest absolute Gasteiger partial charge is 0.466 e. The number of furan rings is 1. The highest BCUT2D eigenvalue weighted by atomic mass is 16.5. The Morgan fingerprint density at radius 2 is 2.28 bits per heavy atom. The van der Waals surface area contributed by atoms with Crippen LogP contribution in [0.15, 0.2) is 10.5 Å². The third-order valence-electron chi connectivity index (χ3n) is 3.79. The maximum Gasteiger partial charge on any atom is 0.105 e. The number of rotatable bonds is 6. The van der Waals surface area contributed by atoms with Crippen LogP contribution in [0.3, 0.4) is 0 Å². The van der Waals surface area contributed by atoms with Gasteiger partial charge in [-0.15, -0.1) is 0 Å². The highest BCUT2D eigenvalue weighted by Crippen LogP contribution is 2.31. The first kappa shape index (κ1) is 13.6. The van der Waals surface area contributed by atoms with Gasteiger partial charge in [0, 0.05) is 37.3 Å². The molecule has 1 atom stereocenters. The maximum atomic E-state index is 9.16. The van der Waals surface area contributed by atoms with Gasteiger partial charge in [0.1, 0.15) is 11.5 Å². The molecular formula is C14H23NO3. The lowest BCUT2D eigenvalue weighted by atomic mass is 9.84. The summed E-state index contributed by atoms with van der Waals surface area (Å²) in [5, 5.41) is 12.6. The fourth-order valence-electron chi connectivity index (χ4n) is 2.63.